The van der Waals surface area contributed by atoms with Crippen molar-refractivity contribution in [3.8, 4) is 16.9 Å². The molecule has 3 aromatic carbocycles. The molecular weight excluding hydrogens is 574 g/mol. The Kier molecular flexibility index (Phi) is 13.4. The molecule has 2 amide bonds. The second kappa shape index (κ2) is 17.4. The van der Waals surface area contributed by atoms with Crippen molar-refractivity contribution in [2.45, 2.75) is 26.0 Å². The van der Waals surface area contributed by atoms with Gasteiger partial charge in [-0.15, -0.1) is 4.91 Å². The summed E-state index contributed by atoms with van der Waals surface area (Å²) in [6.45, 7) is 4.82. The lowest BCUT2D eigenvalue weighted by atomic mass is 10.0. The smallest absolute Gasteiger partial charge is 0.316 e. The van der Waals surface area contributed by atoms with E-state index < -0.39 is 17.9 Å². The maximum absolute atomic E-state index is 13.5. The van der Waals surface area contributed by atoms with Crippen LogP contribution in [0.5, 0.6) is 5.75 Å². The topological polar surface area (TPSA) is 124 Å². The highest BCUT2D eigenvalue weighted by Crippen LogP contribution is 2.31. The zero-order valence-corrected chi connectivity index (χ0v) is 26.2. The molecule has 0 aliphatic heterocycles. The molecule has 0 aliphatic carbocycles. The van der Waals surface area contributed by atoms with Crippen LogP contribution in [0.1, 0.15) is 44.9 Å². The molecule has 2 atom stereocenters. The number of benzene rings is 3. The molecule has 0 spiro atoms. The molecule has 0 saturated heterocycles. The van der Waals surface area contributed by atoms with Crippen LogP contribution in [-0.2, 0) is 9.47 Å². The maximum atomic E-state index is 13.5. The summed E-state index contributed by atoms with van der Waals surface area (Å²) in [5.74, 6) is -0.879. The van der Waals surface area contributed by atoms with Crippen LogP contribution in [0.4, 0.5) is 5.69 Å². The number of hydrogen-bond donors (Lipinski definition) is 1. The summed E-state index contributed by atoms with van der Waals surface area (Å²) in [7, 11) is 5.03. The lowest BCUT2D eigenvalue weighted by molar-refractivity contribution is 0.0475. The van der Waals surface area contributed by atoms with E-state index in [1.807, 2.05) is 87.7 Å². The molecule has 2 unspecified atom stereocenters. The van der Waals surface area contributed by atoms with Crippen LogP contribution < -0.4 is 10.1 Å². The number of carbonyl (C=O) groups excluding carboxylic acids is 3. The molecule has 10 nitrogen and oxygen atoms in total. The number of methoxy groups -OCH3 is 1. The molecule has 0 aromatic heterocycles. The molecule has 0 aliphatic rings. The van der Waals surface area contributed by atoms with Gasteiger partial charge in [-0.25, -0.2) is 0 Å². The standard InChI is InChI=1S/C35H39N3O7/c1-24(38(4)35(41)31-20-29(34(40)37-42)13-14-30(31)22-39)19-26(12-11-25(2)44-18-17-43-5)23-45-33-16-15-28(21-32(33)36-3)27-9-7-6-8-10-27/h6-16,19-22,24-25,36H,17-18,23H2,1-5H3/b12-11-,26-19+. The molecule has 0 bridgehead atoms. The summed E-state index contributed by atoms with van der Waals surface area (Å²) in [6.07, 6.45) is 5.96. The number of nitroso groups, excluding NO2 is 1. The van der Waals surface area contributed by atoms with Crippen molar-refractivity contribution in [1.29, 1.82) is 0 Å². The van der Waals surface area contributed by atoms with Gasteiger partial charge < -0.3 is 24.4 Å². The van der Waals surface area contributed by atoms with Crippen molar-refractivity contribution >= 4 is 23.8 Å². The molecule has 236 valence electrons. The van der Waals surface area contributed by atoms with Gasteiger partial charge >= 0.3 is 5.91 Å². The zero-order chi connectivity index (χ0) is 32.8. The van der Waals surface area contributed by atoms with Gasteiger partial charge in [-0.2, -0.15) is 0 Å². The Labute approximate surface area is 263 Å². The third kappa shape index (κ3) is 9.79. The van der Waals surface area contributed by atoms with Crippen LogP contribution in [-0.4, -0.2) is 76.2 Å². The van der Waals surface area contributed by atoms with Crippen LogP contribution in [0.15, 0.2) is 95.7 Å². The Bertz CT molecular complexity index is 1540. The Morgan fingerprint density at radius 1 is 1.00 bits per heavy atom. The van der Waals surface area contributed by atoms with Crippen molar-refractivity contribution < 1.29 is 28.6 Å². The van der Waals surface area contributed by atoms with E-state index in [-0.39, 0.29) is 29.4 Å². The van der Waals surface area contributed by atoms with Gasteiger partial charge in [-0.3, -0.25) is 14.4 Å². The number of carbonyl (C=O) groups is 3. The van der Waals surface area contributed by atoms with Gasteiger partial charge in [-0.05, 0) is 54.8 Å². The SMILES string of the molecule is CNc1cc(-c2ccccc2)ccc1OCC(/C=C\C(C)OCCOC)=C/C(C)N(C)C(=O)c1cc(C(=O)N=O)ccc1C=O. The molecule has 3 aromatic rings. The Morgan fingerprint density at radius 3 is 2.42 bits per heavy atom. The van der Waals surface area contributed by atoms with Crippen LogP contribution in [0.25, 0.3) is 11.1 Å². The average molecular weight is 614 g/mol. The van der Waals surface area contributed by atoms with Crippen molar-refractivity contribution in [3.05, 3.63) is 112 Å². The van der Waals surface area contributed by atoms with Gasteiger partial charge in [0.15, 0.2) is 6.29 Å². The number of hydrogen-bond acceptors (Lipinski definition) is 8. The molecular formula is C35H39N3O7. The molecule has 1 N–H and O–H groups in total. The summed E-state index contributed by atoms with van der Waals surface area (Å²) in [6, 6.07) is 19.3. The van der Waals surface area contributed by atoms with E-state index in [1.54, 1.807) is 14.2 Å². The average Bonchev–Trinajstić information content (AvgIpc) is 3.08. The second-order valence-corrected chi connectivity index (χ2v) is 10.3. The quantitative estimate of drug-likeness (QED) is 0.0878. The third-order valence-corrected chi connectivity index (χ3v) is 7.13. The van der Waals surface area contributed by atoms with Gasteiger partial charge in [0.2, 0.25) is 0 Å². The lowest BCUT2D eigenvalue weighted by Gasteiger charge is -2.24. The summed E-state index contributed by atoms with van der Waals surface area (Å²) < 4.78 is 17.1. The minimum Gasteiger partial charge on any atom is -0.487 e. The van der Waals surface area contributed by atoms with Crippen molar-refractivity contribution in [2.24, 2.45) is 5.18 Å². The van der Waals surface area contributed by atoms with Gasteiger partial charge in [0.05, 0.1) is 30.6 Å². The second-order valence-electron chi connectivity index (χ2n) is 10.3. The van der Waals surface area contributed by atoms with E-state index >= 15 is 0 Å². The van der Waals surface area contributed by atoms with E-state index in [4.69, 9.17) is 14.2 Å². The minimum absolute atomic E-state index is 0.00655. The Morgan fingerprint density at radius 2 is 1.76 bits per heavy atom. The number of aldehydes is 1. The first kappa shape index (κ1) is 34.6. The Hall–Kier alpha value is -4.93. The lowest BCUT2D eigenvalue weighted by Crippen LogP contribution is -2.35. The highest BCUT2D eigenvalue weighted by molar-refractivity contribution is 6.04. The molecule has 0 fully saturated rings. The molecule has 0 saturated carbocycles. The van der Waals surface area contributed by atoms with E-state index in [9.17, 15) is 19.3 Å². The largest absolute Gasteiger partial charge is 0.487 e. The number of ether oxygens (including phenoxy) is 3. The maximum Gasteiger partial charge on any atom is 0.316 e. The summed E-state index contributed by atoms with van der Waals surface area (Å²) >= 11 is 0. The van der Waals surface area contributed by atoms with Gasteiger partial charge in [0.25, 0.3) is 5.91 Å². The van der Waals surface area contributed by atoms with E-state index in [2.05, 4.69) is 10.5 Å². The monoisotopic (exact) mass is 613 g/mol. The Balaban J connectivity index is 1.87. The third-order valence-electron chi connectivity index (χ3n) is 7.13. The number of likely N-dealkylation sites (N-methyl/N-ethyl adjacent to an activating group) is 1. The van der Waals surface area contributed by atoms with Crippen molar-refractivity contribution in [3.63, 3.8) is 0 Å². The normalized spacial score (nSPS) is 12.8. The molecule has 45 heavy (non-hydrogen) atoms. The number of anilines is 1. The van der Waals surface area contributed by atoms with Gasteiger partial charge in [-0.1, -0.05) is 60.7 Å². The van der Waals surface area contributed by atoms with E-state index in [1.165, 1.54) is 23.1 Å². The van der Waals surface area contributed by atoms with Crippen molar-refractivity contribution in [1.82, 2.24) is 4.90 Å². The summed E-state index contributed by atoms with van der Waals surface area (Å²) in [5.41, 5.74) is 3.72. The summed E-state index contributed by atoms with van der Waals surface area (Å²) in [4.78, 5) is 49.2. The van der Waals surface area contributed by atoms with Crippen LogP contribution in [0.2, 0.25) is 0 Å². The van der Waals surface area contributed by atoms with E-state index in [0.717, 1.165) is 22.4 Å². The molecule has 0 radical (unpaired) electrons. The predicted octanol–water partition coefficient (Wildman–Crippen LogP) is 6.19. The number of nitrogens with one attached hydrogen (secondary N) is 1. The van der Waals surface area contributed by atoms with Crippen LogP contribution in [0.3, 0.4) is 0 Å². The number of rotatable bonds is 16. The fourth-order valence-electron chi connectivity index (χ4n) is 4.43. The first-order valence-corrected chi connectivity index (χ1v) is 14.5. The van der Waals surface area contributed by atoms with E-state index in [0.29, 0.717) is 25.2 Å². The van der Waals surface area contributed by atoms with Gasteiger partial charge in [0, 0.05) is 43.6 Å². The number of amides is 2. The van der Waals surface area contributed by atoms with Crippen molar-refractivity contribution in [2.75, 3.05) is 46.3 Å². The zero-order valence-electron chi connectivity index (χ0n) is 26.2. The van der Waals surface area contributed by atoms with Gasteiger partial charge in [0.1, 0.15) is 12.4 Å². The molecule has 10 heteroatoms. The highest BCUT2D eigenvalue weighted by Gasteiger charge is 2.21. The highest BCUT2D eigenvalue weighted by atomic mass is 16.5. The fraction of sp³-hybridized carbons (Fsp3) is 0.286. The first-order chi connectivity index (χ1) is 21.7. The number of nitrogens with zero attached hydrogens (tertiary/aromatic N) is 2. The summed E-state index contributed by atoms with van der Waals surface area (Å²) in [5, 5.41) is 5.62. The fourth-order valence-corrected chi connectivity index (χ4v) is 4.43. The molecule has 0 heterocycles. The first-order valence-electron chi connectivity index (χ1n) is 14.5. The predicted molar refractivity (Wildman–Crippen MR) is 175 cm³/mol. The van der Waals surface area contributed by atoms with Crippen LogP contribution in [0, 0.1) is 4.91 Å². The molecule has 3 rings (SSSR count). The minimum atomic E-state index is -1.03. The van der Waals surface area contributed by atoms with Crippen LogP contribution >= 0.6 is 0 Å².